The lowest BCUT2D eigenvalue weighted by Gasteiger charge is -2.36. The molecule has 1 aliphatic heterocycles. The van der Waals surface area contributed by atoms with Crippen LogP contribution in [0.2, 0.25) is 0 Å². The van der Waals surface area contributed by atoms with Crippen LogP contribution in [0.3, 0.4) is 0 Å². The van der Waals surface area contributed by atoms with E-state index in [9.17, 15) is 4.79 Å². The summed E-state index contributed by atoms with van der Waals surface area (Å²) < 4.78 is 11.3. The summed E-state index contributed by atoms with van der Waals surface area (Å²) in [6, 6.07) is 17.4. The number of benzene rings is 3. The first-order valence-electron chi connectivity index (χ1n) is 12.2. The SMILES string of the molecule is CCCN1CCN(c2cc(Nc3cccc(OC)c3)c3c4c(onc24)-c2ccccc2C3=O)CC1. The second kappa shape index (κ2) is 8.74. The molecule has 0 radical (unpaired) electrons. The summed E-state index contributed by atoms with van der Waals surface area (Å²) in [5.41, 5.74) is 5.37. The maximum atomic E-state index is 13.8. The summed E-state index contributed by atoms with van der Waals surface area (Å²) in [6.07, 6.45) is 1.15. The summed E-state index contributed by atoms with van der Waals surface area (Å²) in [5.74, 6) is 1.38. The van der Waals surface area contributed by atoms with Gasteiger partial charge in [0.2, 0.25) is 0 Å². The first kappa shape index (κ1) is 21.7. The van der Waals surface area contributed by atoms with E-state index in [1.807, 2.05) is 48.5 Å². The first-order valence-corrected chi connectivity index (χ1v) is 12.2. The van der Waals surface area contributed by atoms with Crippen LogP contribution in [0.25, 0.3) is 22.2 Å². The Morgan fingerprint density at radius 2 is 1.83 bits per heavy atom. The summed E-state index contributed by atoms with van der Waals surface area (Å²) in [4.78, 5) is 18.6. The van der Waals surface area contributed by atoms with Gasteiger partial charge in [0.25, 0.3) is 0 Å². The molecule has 0 spiro atoms. The van der Waals surface area contributed by atoms with E-state index in [0.717, 1.165) is 78.4 Å². The summed E-state index contributed by atoms with van der Waals surface area (Å²) in [7, 11) is 1.65. The van der Waals surface area contributed by atoms with Gasteiger partial charge >= 0.3 is 0 Å². The molecule has 0 saturated carbocycles. The normalized spacial score (nSPS) is 15.4. The van der Waals surface area contributed by atoms with Crippen molar-refractivity contribution in [3.63, 3.8) is 0 Å². The maximum Gasteiger partial charge on any atom is 0.196 e. The standard InChI is InChI=1S/C28H28N4O3/c1-3-11-31-12-14-32(15-13-31)23-17-22(29-18-7-6-8-19(16-18)34-2)24-25-26(23)30-35-28(25)21-10-5-4-9-20(21)27(24)33/h4-10,16-17,29H,3,11-15H2,1-2H3. The lowest BCUT2D eigenvalue weighted by atomic mass is 9.86. The monoisotopic (exact) mass is 468 g/mol. The molecule has 1 aromatic heterocycles. The molecule has 1 aliphatic carbocycles. The molecule has 0 unspecified atom stereocenters. The molecule has 2 aliphatic rings. The molecule has 0 atom stereocenters. The Hall–Kier alpha value is -3.84. The van der Waals surface area contributed by atoms with E-state index < -0.39 is 0 Å². The van der Waals surface area contributed by atoms with Gasteiger partial charge in [0.05, 0.1) is 29.4 Å². The minimum Gasteiger partial charge on any atom is -0.497 e. The molecule has 3 aromatic carbocycles. The van der Waals surface area contributed by atoms with Crippen LogP contribution in [-0.2, 0) is 0 Å². The largest absolute Gasteiger partial charge is 0.497 e. The van der Waals surface area contributed by atoms with E-state index in [1.54, 1.807) is 7.11 Å². The maximum absolute atomic E-state index is 13.8. The average molecular weight is 469 g/mol. The van der Waals surface area contributed by atoms with Crippen LogP contribution in [0.5, 0.6) is 5.75 Å². The molecular formula is C28H28N4O3. The highest BCUT2D eigenvalue weighted by atomic mass is 16.5. The number of carbonyl (C=O) groups excluding carboxylic acids is 1. The second-order valence-corrected chi connectivity index (χ2v) is 9.11. The van der Waals surface area contributed by atoms with Gasteiger partial charge in [-0.05, 0) is 31.2 Å². The van der Waals surface area contributed by atoms with Gasteiger partial charge in [-0.1, -0.05) is 42.4 Å². The predicted octanol–water partition coefficient (Wildman–Crippen LogP) is 5.32. The number of aromatic nitrogens is 1. The molecule has 6 rings (SSSR count). The first-order chi connectivity index (χ1) is 17.2. The minimum absolute atomic E-state index is 0.0222. The molecule has 1 saturated heterocycles. The Labute approximate surface area is 204 Å². The summed E-state index contributed by atoms with van der Waals surface area (Å²) in [6.45, 7) is 7.14. The number of ketones is 1. The minimum atomic E-state index is -0.0222. The van der Waals surface area contributed by atoms with Crippen LogP contribution >= 0.6 is 0 Å². The molecule has 178 valence electrons. The number of nitrogens with zero attached hydrogens (tertiary/aromatic N) is 3. The number of hydrogen-bond donors (Lipinski definition) is 1. The predicted molar refractivity (Wildman–Crippen MR) is 138 cm³/mol. The van der Waals surface area contributed by atoms with Gasteiger partial charge in [-0.25, -0.2) is 0 Å². The van der Waals surface area contributed by atoms with Crippen LogP contribution in [0.15, 0.2) is 59.1 Å². The van der Waals surface area contributed by atoms with Gasteiger partial charge in [-0.2, -0.15) is 0 Å². The fraction of sp³-hybridized carbons (Fsp3) is 0.286. The third-order valence-corrected chi connectivity index (χ3v) is 6.98. The zero-order valence-corrected chi connectivity index (χ0v) is 20.0. The second-order valence-electron chi connectivity index (χ2n) is 9.11. The Morgan fingerprint density at radius 1 is 1.03 bits per heavy atom. The number of piperazine rings is 1. The van der Waals surface area contributed by atoms with Crippen LogP contribution < -0.4 is 15.0 Å². The molecular weight excluding hydrogens is 440 g/mol. The lowest BCUT2D eigenvalue weighted by Crippen LogP contribution is -2.46. The number of anilines is 3. The number of carbonyl (C=O) groups is 1. The van der Waals surface area contributed by atoms with Crippen LogP contribution in [0, 0.1) is 0 Å². The van der Waals surface area contributed by atoms with Crippen LogP contribution in [0.1, 0.15) is 29.3 Å². The van der Waals surface area contributed by atoms with E-state index in [1.165, 1.54) is 0 Å². The van der Waals surface area contributed by atoms with Gasteiger partial charge in [-0.15, -0.1) is 0 Å². The number of methoxy groups -OCH3 is 1. The zero-order valence-electron chi connectivity index (χ0n) is 20.0. The number of ether oxygens (including phenoxy) is 1. The summed E-state index contributed by atoms with van der Waals surface area (Å²) >= 11 is 0. The topological polar surface area (TPSA) is 70.8 Å². The Morgan fingerprint density at radius 3 is 2.60 bits per heavy atom. The average Bonchev–Trinajstić information content (AvgIpc) is 3.34. The van der Waals surface area contributed by atoms with E-state index in [2.05, 4.69) is 33.3 Å². The van der Waals surface area contributed by atoms with Crippen LogP contribution in [0.4, 0.5) is 17.1 Å². The molecule has 7 nitrogen and oxygen atoms in total. The van der Waals surface area contributed by atoms with Crippen molar-refractivity contribution in [3.05, 3.63) is 65.7 Å². The van der Waals surface area contributed by atoms with Gasteiger partial charge < -0.3 is 19.5 Å². The van der Waals surface area contributed by atoms with Crippen LogP contribution in [-0.4, -0.2) is 55.7 Å². The highest BCUT2D eigenvalue weighted by molar-refractivity contribution is 6.28. The van der Waals surface area contributed by atoms with Gasteiger partial charge in [0.1, 0.15) is 11.3 Å². The van der Waals surface area contributed by atoms with Crippen molar-refractivity contribution in [2.24, 2.45) is 0 Å². The van der Waals surface area contributed by atoms with E-state index in [-0.39, 0.29) is 5.78 Å². The molecule has 35 heavy (non-hydrogen) atoms. The van der Waals surface area contributed by atoms with E-state index >= 15 is 0 Å². The highest BCUT2D eigenvalue weighted by Gasteiger charge is 2.34. The molecule has 2 heterocycles. The molecule has 1 N–H and O–H groups in total. The van der Waals surface area contributed by atoms with Gasteiger partial charge in [0, 0.05) is 49.1 Å². The van der Waals surface area contributed by atoms with Crippen molar-refractivity contribution < 1.29 is 14.1 Å². The van der Waals surface area contributed by atoms with Gasteiger partial charge in [0.15, 0.2) is 11.5 Å². The van der Waals surface area contributed by atoms with Gasteiger partial charge in [-0.3, -0.25) is 9.69 Å². The van der Waals surface area contributed by atoms with Crippen molar-refractivity contribution in [2.45, 2.75) is 13.3 Å². The van der Waals surface area contributed by atoms with Crippen molar-refractivity contribution in [3.8, 4) is 17.1 Å². The van der Waals surface area contributed by atoms with Crippen molar-refractivity contribution in [1.29, 1.82) is 0 Å². The number of hydrogen-bond acceptors (Lipinski definition) is 7. The molecule has 0 amide bonds. The third-order valence-electron chi connectivity index (χ3n) is 6.98. The fourth-order valence-corrected chi connectivity index (χ4v) is 5.27. The smallest absolute Gasteiger partial charge is 0.196 e. The molecule has 4 aromatic rings. The van der Waals surface area contributed by atoms with Crippen molar-refractivity contribution in [1.82, 2.24) is 10.1 Å². The molecule has 7 heteroatoms. The summed E-state index contributed by atoms with van der Waals surface area (Å²) in [5, 5.41) is 8.79. The quantitative estimate of drug-likeness (QED) is 0.361. The number of nitrogens with one attached hydrogen (secondary N) is 1. The molecule has 0 bridgehead atoms. The Bertz CT molecular complexity index is 1420. The number of rotatable bonds is 6. The van der Waals surface area contributed by atoms with E-state index in [0.29, 0.717) is 16.9 Å². The zero-order chi connectivity index (χ0) is 23.9. The third kappa shape index (κ3) is 3.63. The highest BCUT2D eigenvalue weighted by Crippen LogP contribution is 2.46. The molecule has 1 fully saturated rings. The lowest BCUT2D eigenvalue weighted by molar-refractivity contribution is 0.104. The van der Waals surface area contributed by atoms with Crippen molar-refractivity contribution in [2.75, 3.05) is 50.1 Å². The van der Waals surface area contributed by atoms with Crippen molar-refractivity contribution >= 4 is 33.7 Å². The number of fused-ring (bicyclic) bond motifs is 2. The fourth-order valence-electron chi connectivity index (χ4n) is 5.27. The van der Waals surface area contributed by atoms with E-state index in [4.69, 9.17) is 9.26 Å². The Kier molecular flexibility index (Phi) is 5.41. The Balaban J connectivity index is 1.51.